The number of Topliss-reactive ketones (excluding diaryl/α,β-unsaturated/α-hetero) is 1. The van der Waals surface area contributed by atoms with E-state index in [4.69, 9.17) is 4.74 Å². The van der Waals surface area contributed by atoms with Crippen molar-refractivity contribution >= 4 is 21.8 Å². The minimum atomic E-state index is -4.08. The minimum absolute atomic E-state index is 0.0454. The van der Waals surface area contributed by atoms with E-state index >= 15 is 0 Å². The second-order valence-electron chi connectivity index (χ2n) is 10.5. The first-order valence-corrected chi connectivity index (χ1v) is 14.8. The number of benzene rings is 2. The lowest BCUT2D eigenvalue weighted by molar-refractivity contribution is -0.161. The Hall–Kier alpha value is -2.93. The van der Waals surface area contributed by atoms with E-state index in [1.54, 1.807) is 31.2 Å². The zero-order chi connectivity index (χ0) is 26.2. The van der Waals surface area contributed by atoms with Gasteiger partial charge in [-0.25, -0.2) is 8.42 Å². The summed E-state index contributed by atoms with van der Waals surface area (Å²) in [6.07, 6.45) is 6.01. The van der Waals surface area contributed by atoms with Gasteiger partial charge in [0.25, 0.3) is 10.0 Å². The quantitative estimate of drug-likeness (QED) is 0.335. The van der Waals surface area contributed by atoms with Crippen molar-refractivity contribution in [2.75, 3.05) is 6.61 Å². The molecule has 0 bridgehead atoms. The maximum Gasteiger partial charge on any atom is 0.326 e. The molecule has 5 rings (SSSR count). The van der Waals surface area contributed by atoms with Crippen LogP contribution in [0.15, 0.2) is 70.8 Å². The number of aryl methyl sites for hydroxylation is 1. The Balaban J connectivity index is 1.74. The van der Waals surface area contributed by atoms with Gasteiger partial charge >= 0.3 is 5.97 Å². The van der Waals surface area contributed by atoms with Crippen LogP contribution in [0.5, 0.6) is 0 Å². The van der Waals surface area contributed by atoms with Crippen LogP contribution >= 0.6 is 0 Å². The smallest absolute Gasteiger partial charge is 0.326 e. The van der Waals surface area contributed by atoms with Crippen molar-refractivity contribution in [3.63, 3.8) is 0 Å². The zero-order valence-corrected chi connectivity index (χ0v) is 22.4. The summed E-state index contributed by atoms with van der Waals surface area (Å²) in [4.78, 5) is 27.4. The lowest BCUT2D eigenvalue weighted by atomic mass is 9.55. The lowest BCUT2D eigenvalue weighted by Gasteiger charge is -2.52. The van der Waals surface area contributed by atoms with Crippen LogP contribution < -0.4 is 0 Å². The van der Waals surface area contributed by atoms with Crippen LogP contribution in [0.3, 0.4) is 0 Å². The molecule has 2 unspecified atom stereocenters. The number of fused-ring (bicyclic) bond motifs is 1. The number of hydrogen-bond acceptors (Lipinski definition) is 5. The number of ketones is 1. The number of nitrogens with zero attached hydrogens (tertiary/aromatic N) is 1. The molecule has 2 fully saturated rings. The highest BCUT2D eigenvalue weighted by atomic mass is 32.2. The average molecular weight is 522 g/mol. The Morgan fingerprint density at radius 3 is 2.32 bits per heavy atom. The molecule has 196 valence electrons. The van der Waals surface area contributed by atoms with Crippen LogP contribution in [0, 0.1) is 24.2 Å². The molecule has 2 aromatic carbocycles. The summed E-state index contributed by atoms with van der Waals surface area (Å²) in [7, 11) is -4.08. The predicted molar refractivity (Wildman–Crippen MR) is 141 cm³/mol. The third kappa shape index (κ3) is 4.21. The highest BCUT2D eigenvalue weighted by Crippen LogP contribution is 2.64. The van der Waals surface area contributed by atoms with E-state index in [1.165, 1.54) is 4.31 Å². The van der Waals surface area contributed by atoms with Crippen LogP contribution in [0.1, 0.15) is 63.0 Å². The first-order valence-electron chi connectivity index (χ1n) is 13.4. The molecule has 3 aliphatic carbocycles. The Kier molecular flexibility index (Phi) is 7.01. The lowest BCUT2D eigenvalue weighted by Crippen LogP contribution is -2.58. The second kappa shape index (κ2) is 10.1. The van der Waals surface area contributed by atoms with Crippen LogP contribution in [0.4, 0.5) is 0 Å². The average Bonchev–Trinajstić information content (AvgIpc) is 3.17. The zero-order valence-electron chi connectivity index (χ0n) is 21.6. The van der Waals surface area contributed by atoms with Crippen molar-refractivity contribution in [3.8, 4) is 0 Å². The minimum Gasteiger partial charge on any atom is -0.465 e. The Bertz CT molecular complexity index is 1310. The van der Waals surface area contributed by atoms with Crippen molar-refractivity contribution in [2.24, 2.45) is 17.3 Å². The van der Waals surface area contributed by atoms with E-state index in [9.17, 15) is 18.0 Å². The molecule has 0 amide bonds. The molecular weight excluding hydrogens is 486 g/mol. The summed E-state index contributed by atoms with van der Waals surface area (Å²) in [6.45, 7) is 3.81. The summed E-state index contributed by atoms with van der Waals surface area (Å²) in [5.41, 5.74) is 1.56. The summed E-state index contributed by atoms with van der Waals surface area (Å²) in [6, 6.07) is 16.1. The van der Waals surface area contributed by atoms with Gasteiger partial charge in [0.2, 0.25) is 0 Å². The van der Waals surface area contributed by atoms with Gasteiger partial charge in [0.1, 0.15) is 0 Å². The van der Waals surface area contributed by atoms with Crippen LogP contribution in [-0.4, -0.2) is 31.1 Å². The Morgan fingerprint density at radius 1 is 1.00 bits per heavy atom. The van der Waals surface area contributed by atoms with E-state index < -0.39 is 21.4 Å². The highest BCUT2D eigenvalue weighted by Gasteiger charge is 2.70. The van der Waals surface area contributed by atoms with Gasteiger partial charge < -0.3 is 4.74 Å². The van der Waals surface area contributed by atoms with Crippen LogP contribution in [0.2, 0.25) is 0 Å². The molecule has 3 aliphatic rings. The van der Waals surface area contributed by atoms with Gasteiger partial charge in [0.05, 0.1) is 23.7 Å². The molecule has 0 saturated heterocycles. The van der Waals surface area contributed by atoms with Crippen LogP contribution in [-0.2, 0) is 30.9 Å². The van der Waals surface area contributed by atoms with Gasteiger partial charge in [-0.15, -0.1) is 0 Å². The number of ether oxygens (including phenoxy) is 1. The molecule has 0 N–H and O–H groups in total. The van der Waals surface area contributed by atoms with Crippen molar-refractivity contribution < 1.29 is 22.7 Å². The summed E-state index contributed by atoms with van der Waals surface area (Å²) in [5.74, 6) is -0.936. The Labute approximate surface area is 219 Å². The monoisotopic (exact) mass is 521 g/mol. The van der Waals surface area contributed by atoms with Crippen molar-refractivity contribution in [2.45, 2.75) is 70.2 Å². The third-order valence-corrected chi connectivity index (χ3v) is 10.1. The highest BCUT2D eigenvalue weighted by molar-refractivity contribution is 7.89. The van der Waals surface area contributed by atoms with E-state index in [0.717, 1.165) is 48.8 Å². The first-order chi connectivity index (χ1) is 17.8. The molecule has 0 aromatic heterocycles. The summed E-state index contributed by atoms with van der Waals surface area (Å²) in [5, 5.41) is 0. The third-order valence-electron chi connectivity index (χ3n) is 8.31. The molecule has 2 atom stereocenters. The maximum atomic E-state index is 14.4. The summed E-state index contributed by atoms with van der Waals surface area (Å²) >= 11 is 0. The molecule has 0 heterocycles. The second-order valence-corrected chi connectivity index (χ2v) is 12.4. The molecule has 2 aromatic rings. The number of hydrogen-bond donors (Lipinski definition) is 0. The predicted octanol–water partition coefficient (Wildman–Crippen LogP) is 5.56. The normalized spacial score (nSPS) is 23.9. The first kappa shape index (κ1) is 25.7. The van der Waals surface area contributed by atoms with Gasteiger partial charge in [0.15, 0.2) is 11.2 Å². The molecular formula is C30H35NO5S. The van der Waals surface area contributed by atoms with E-state index in [2.05, 4.69) is 0 Å². The maximum absolute atomic E-state index is 14.4. The van der Waals surface area contributed by atoms with Gasteiger partial charge in [-0.1, -0.05) is 67.3 Å². The number of rotatable bonds is 8. The Morgan fingerprint density at radius 2 is 1.68 bits per heavy atom. The fraction of sp³-hybridized carbons (Fsp3) is 0.467. The summed E-state index contributed by atoms with van der Waals surface area (Å²) < 4.78 is 35.6. The van der Waals surface area contributed by atoms with E-state index in [1.807, 2.05) is 37.3 Å². The molecule has 37 heavy (non-hydrogen) atoms. The van der Waals surface area contributed by atoms with Gasteiger partial charge in [-0.2, -0.15) is 0 Å². The van der Waals surface area contributed by atoms with E-state index in [-0.39, 0.29) is 42.1 Å². The number of esters is 1. The van der Waals surface area contributed by atoms with Gasteiger partial charge in [0, 0.05) is 12.3 Å². The molecule has 6 nitrogen and oxygen atoms in total. The van der Waals surface area contributed by atoms with Crippen molar-refractivity contribution in [1.82, 2.24) is 4.31 Å². The van der Waals surface area contributed by atoms with Gasteiger partial charge in [-0.05, 0) is 62.3 Å². The van der Waals surface area contributed by atoms with Gasteiger partial charge in [-0.3, -0.25) is 13.9 Å². The van der Waals surface area contributed by atoms with Crippen LogP contribution in [0.25, 0.3) is 0 Å². The van der Waals surface area contributed by atoms with Crippen molar-refractivity contribution in [3.05, 3.63) is 77.0 Å². The largest absolute Gasteiger partial charge is 0.465 e. The van der Waals surface area contributed by atoms with E-state index in [0.29, 0.717) is 12.1 Å². The SMILES string of the molecule is CCOC(=O)C12C(=O)CCC1C(C1CCCCC1)=C2N(Cc1ccccc1)S(=O)(=O)c1ccc(C)cc1. The molecule has 0 aliphatic heterocycles. The number of allylic oxidation sites excluding steroid dienone is 1. The number of carbonyl (C=O) groups is 2. The number of carbonyl (C=O) groups excluding carboxylic acids is 2. The fourth-order valence-electron chi connectivity index (χ4n) is 6.59. The molecule has 0 spiro atoms. The molecule has 7 heteroatoms. The number of sulfonamides is 1. The fourth-order valence-corrected chi connectivity index (χ4v) is 8.13. The van der Waals surface area contributed by atoms with Crippen molar-refractivity contribution in [1.29, 1.82) is 0 Å². The topological polar surface area (TPSA) is 80.8 Å². The standard InChI is InChI=1S/C30H35NO5S/c1-3-36-29(33)30-25(18-19-26(30)32)27(23-12-8-5-9-13-23)28(30)31(20-22-10-6-4-7-11-22)37(34,35)24-16-14-21(2)15-17-24/h4,6-7,10-11,14-17,23,25H,3,5,8-9,12-13,18-20H2,1-2H3. The molecule has 2 saturated carbocycles. The molecule has 0 radical (unpaired) electrons.